The Morgan fingerprint density at radius 3 is 2.83 bits per heavy atom. The summed E-state index contributed by atoms with van der Waals surface area (Å²) in [5.41, 5.74) is 1.62. The standard InChI is InChI=1S/C19H26N4O/c1-13-10-15-12-22(11-13)9-8-14(2)23(15)19(24)18-16-6-4-5-7-17(16)21(3)20-18/h4-7,13-15H,8-12H2,1-3H3. The molecule has 0 radical (unpaired) electrons. The number of piperidine rings is 1. The summed E-state index contributed by atoms with van der Waals surface area (Å²) in [6.07, 6.45) is 2.14. The lowest BCUT2D eigenvalue weighted by Crippen LogP contribution is -2.51. The summed E-state index contributed by atoms with van der Waals surface area (Å²) in [4.78, 5) is 18.1. The van der Waals surface area contributed by atoms with E-state index in [4.69, 9.17) is 0 Å². The molecule has 5 nitrogen and oxygen atoms in total. The van der Waals surface area contributed by atoms with Gasteiger partial charge in [0, 0.05) is 44.2 Å². The first-order valence-corrected chi connectivity index (χ1v) is 9.01. The van der Waals surface area contributed by atoms with Gasteiger partial charge in [-0.2, -0.15) is 5.10 Å². The predicted octanol–water partition coefficient (Wildman–Crippen LogP) is 2.52. The Morgan fingerprint density at radius 2 is 2.00 bits per heavy atom. The number of nitrogens with zero attached hydrogens (tertiary/aromatic N) is 4. The van der Waals surface area contributed by atoms with Crippen molar-refractivity contribution < 1.29 is 4.79 Å². The Kier molecular flexibility index (Phi) is 3.83. The highest BCUT2D eigenvalue weighted by atomic mass is 16.2. The maximum atomic E-state index is 13.4. The van der Waals surface area contributed by atoms with Crippen LogP contribution in [0.2, 0.25) is 0 Å². The molecule has 4 rings (SSSR count). The van der Waals surface area contributed by atoms with Crippen LogP contribution in [0.25, 0.3) is 10.9 Å². The highest BCUT2D eigenvalue weighted by Gasteiger charge is 2.38. The van der Waals surface area contributed by atoms with Crippen LogP contribution in [0.1, 0.15) is 37.2 Å². The number of hydrogen-bond donors (Lipinski definition) is 0. The zero-order chi connectivity index (χ0) is 16.8. The number of rotatable bonds is 1. The maximum Gasteiger partial charge on any atom is 0.275 e. The minimum absolute atomic E-state index is 0.0975. The predicted molar refractivity (Wildman–Crippen MR) is 95.0 cm³/mol. The van der Waals surface area contributed by atoms with Gasteiger partial charge in [0.15, 0.2) is 5.69 Å². The first-order chi connectivity index (χ1) is 11.5. The molecule has 4 atom stereocenters. The second-order valence-electron chi connectivity index (χ2n) is 7.59. The summed E-state index contributed by atoms with van der Waals surface area (Å²) < 4.78 is 1.82. The van der Waals surface area contributed by atoms with Crippen molar-refractivity contribution in [3.63, 3.8) is 0 Å². The molecule has 2 aliphatic rings. The summed E-state index contributed by atoms with van der Waals surface area (Å²) in [5, 5.41) is 5.53. The largest absolute Gasteiger partial charge is 0.330 e. The van der Waals surface area contributed by atoms with E-state index in [1.165, 1.54) is 0 Å². The normalized spacial score (nSPS) is 30.4. The van der Waals surface area contributed by atoms with Gasteiger partial charge < -0.3 is 9.80 Å². The van der Waals surface area contributed by atoms with Gasteiger partial charge in [-0.05, 0) is 31.7 Å². The number of fused-ring (bicyclic) bond motifs is 3. The highest BCUT2D eigenvalue weighted by Crippen LogP contribution is 2.29. The number of aromatic nitrogens is 2. The van der Waals surface area contributed by atoms with Gasteiger partial charge in [0.1, 0.15) is 0 Å². The first-order valence-electron chi connectivity index (χ1n) is 9.01. The molecular weight excluding hydrogens is 300 g/mol. The number of hydrogen-bond acceptors (Lipinski definition) is 3. The number of para-hydroxylation sites is 1. The monoisotopic (exact) mass is 326 g/mol. The molecule has 1 aromatic heterocycles. The molecule has 24 heavy (non-hydrogen) atoms. The zero-order valence-corrected chi connectivity index (χ0v) is 14.8. The van der Waals surface area contributed by atoms with Crippen LogP contribution in [0.4, 0.5) is 0 Å². The highest BCUT2D eigenvalue weighted by molar-refractivity contribution is 6.05. The van der Waals surface area contributed by atoms with E-state index in [1.807, 2.05) is 36.0 Å². The summed E-state index contributed by atoms with van der Waals surface area (Å²) in [6, 6.07) is 8.58. The number of carbonyl (C=O) groups is 1. The summed E-state index contributed by atoms with van der Waals surface area (Å²) >= 11 is 0. The second-order valence-corrected chi connectivity index (χ2v) is 7.59. The van der Waals surface area contributed by atoms with Crippen LogP contribution in [0.5, 0.6) is 0 Å². The van der Waals surface area contributed by atoms with Crippen LogP contribution >= 0.6 is 0 Å². The summed E-state index contributed by atoms with van der Waals surface area (Å²) in [5.74, 6) is 0.741. The molecule has 128 valence electrons. The Bertz CT molecular complexity index is 768. The fourth-order valence-electron chi connectivity index (χ4n) is 4.54. The summed E-state index contributed by atoms with van der Waals surface area (Å²) in [7, 11) is 1.91. The minimum atomic E-state index is 0.0975. The fourth-order valence-corrected chi connectivity index (χ4v) is 4.54. The lowest BCUT2D eigenvalue weighted by molar-refractivity contribution is 0.0486. The Labute approximate surface area is 143 Å². The summed E-state index contributed by atoms with van der Waals surface area (Å²) in [6.45, 7) is 7.75. The van der Waals surface area contributed by atoms with E-state index in [9.17, 15) is 4.79 Å². The number of benzene rings is 1. The molecule has 5 heteroatoms. The van der Waals surface area contributed by atoms with Crippen molar-refractivity contribution >= 4 is 16.8 Å². The van der Waals surface area contributed by atoms with Gasteiger partial charge in [0.05, 0.1) is 5.52 Å². The topological polar surface area (TPSA) is 41.4 Å². The zero-order valence-electron chi connectivity index (χ0n) is 14.8. The van der Waals surface area contributed by atoms with E-state index in [-0.39, 0.29) is 11.9 Å². The van der Waals surface area contributed by atoms with Crippen LogP contribution in [0, 0.1) is 5.92 Å². The average Bonchev–Trinajstić information content (AvgIpc) is 2.84. The van der Waals surface area contributed by atoms with E-state index in [1.54, 1.807) is 0 Å². The van der Waals surface area contributed by atoms with Crippen molar-refractivity contribution in [2.24, 2.45) is 13.0 Å². The van der Waals surface area contributed by atoms with Crippen LogP contribution in [-0.2, 0) is 7.05 Å². The van der Waals surface area contributed by atoms with Crippen molar-refractivity contribution in [3.8, 4) is 0 Å². The maximum absolute atomic E-state index is 13.4. The van der Waals surface area contributed by atoms with Crippen molar-refractivity contribution in [2.75, 3.05) is 19.6 Å². The molecule has 0 spiro atoms. The molecule has 2 bridgehead atoms. The van der Waals surface area contributed by atoms with Gasteiger partial charge in [0.25, 0.3) is 5.91 Å². The fraction of sp³-hybridized carbons (Fsp3) is 0.579. The molecule has 3 heterocycles. The van der Waals surface area contributed by atoms with Gasteiger partial charge in [-0.15, -0.1) is 0 Å². The molecule has 1 amide bonds. The van der Waals surface area contributed by atoms with Gasteiger partial charge in [-0.3, -0.25) is 9.48 Å². The third-order valence-corrected chi connectivity index (χ3v) is 5.64. The van der Waals surface area contributed by atoms with Crippen molar-refractivity contribution in [1.82, 2.24) is 19.6 Å². The van der Waals surface area contributed by atoms with Crippen molar-refractivity contribution in [2.45, 2.75) is 38.8 Å². The minimum Gasteiger partial charge on any atom is -0.330 e. The SMILES string of the molecule is CC1CC2CN(CCC(C)N2C(=O)c2nn(C)c3ccccc23)C1. The van der Waals surface area contributed by atoms with E-state index in [0.29, 0.717) is 17.7 Å². The molecule has 4 unspecified atom stereocenters. The number of amides is 1. The van der Waals surface area contributed by atoms with E-state index < -0.39 is 0 Å². The molecular formula is C19H26N4O. The molecule has 0 saturated carbocycles. The van der Waals surface area contributed by atoms with Gasteiger partial charge in [-0.25, -0.2) is 0 Å². The second kappa shape index (κ2) is 5.88. The number of aryl methyl sites for hydroxylation is 1. The third-order valence-electron chi connectivity index (χ3n) is 5.64. The van der Waals surface area contributed by atoms with Crippen molar-refractivity contribution in [3.05, 3.63) is 30.0 Å². The van der Waals surface area contributed by atoms with Gasteiger partial charge in [0.2, 0.25) is 0 Å². The molecule has 1 aromatic carbocycles. The van der Waals surface area contributed by atoms with Gasteiger partial charge >= 0.3 is 0 Å². The Hall–Kier alpha value is -1.88. The van der Waals surface area contributed by atoms with Gasteiger partial charge in [-0.1, -0.05) is 25.1 Å². The third kappa shape index (κ3) is 2.51. The molecule has 0 aliphatic carbocycles. The van der Waals surface area contributed by atoms with Crippen LogP contribution in [0.3, 0.4) is 0 Å². The molecule has 0 N–H and O–H groups in total. The first kappa shape index (κ1) is 15.6. The quantitative estimate of drug-likeness (QED) is 0.808. The smallest absolute Gasteiger partial charge is 0.275 e. The molecule has 2 saturated heterocycles. The van der Waals surface area contributed by atoms with E-state index >= 15 is 0 Å². The number of carbonyl (C=O) groups excluding carboxylic acids is 1. The van der Waals surface area contributed by atoms with Crippen LogP contribution in [0.15, 0.2) is 24.3 Å². The van der Waals surface area contributed by atoms with Crippen molar-refractivity contribution in [1.29, 1.82) is 0 Å². The average molecular weight is 326 g/mol. The molecule has 2 aromatic rings. The molecule has 2 fully saturated rings. The lowest BCUT2D eigenvalue weighted by atomic mass is 9.95. The molecule has 2 aliphatic heterocycles. The van der Waals surface area contributed by atoms with Crippen LogP contribution in [-0.4, -0.2) is 57.2 Å². The lowest BCUT2D eigenvalue weighted by Gasteiger charge is -2.40. The van der Waals surface area contributed by atoms with Crippen LogP contribution < -0.4 is 0 Å². The van der Waals surface area contributed by atoms with E-state index in [0.717, 1.165) is 43.4 Å². The Morgan fingerprint density at radius 1 is 1.21 bits per heavy atom. The Balaban J connectivity index is 1.73. The van der Waals surface area contributed by atoms with E-state index in [2.05, 4.69) is 28.7 Å².